The van der Waals surface area contributed by atoms with Gasteiger partial charge in [-0.1, -0.05) is 66.4 Å². The Bertz CT molecular complexity index is 1310. The van der Waals surface area contributed by atoms with Crippen molar-refractivity contribution in [2.45, 2.75) is 5.16 Å². The fraction of sp³-hybridized carbons (Fsp3) is 0.120. The molecule has 0 unspecified atom stereocenters. The van der Waals surface area contributed by atoms with Gasteiger partial charge in [0.15, 0.2) is 11.0 Å². The van der Waals surface area contributed by atoms with Crippen molar-refractivity contribution in [3.8, 4) is 22.8 Å². The second-order valence-corrected chi connectivity index (χ2v) is 8.00. The summed E-state index contributed by atoms with van der Waals surface area (Å²) < 4.78 is 12.2. The van der Waals surface area contributed by atoms with Crippen LogP contribution in [0.1, 0.15) is 10.4 Å². The molecule has 172 valence electrons. The van der Waals surface area contributed by atoms with Crippen LogP contribution in [0.15, 0.2) is 84.0 Å². The minimum Gasteiger partial charge on any atom is -0.495 e. The standard InChI is InChI=1S/C25H22N4O4S/c1-32-21-15-9-8-14-20(21)29-23(17-10-4-3-5-11-17)27-28-25(29)34-16-22(30)26-19-13-7-6-12-18(19)24(31)33-2/h3-15H,16H2,1-2H3,(H,26,30). The second kappa shape index (κ2) is 10.7. The van der Waals surface area contributed by atoms with Crippen LogP contribution in [-0.4, -0.2) is 46.6 Å². The van der Waals surface area contributed by atoms with Crippen LogP contribution in [0, 0.1) is 0 Å². The van der Waals surface area contributed by atoms with E-state index in [-0.39, 0.29) is 17.2 Å². The molecule has 0 aliphatic rings. The Labute approximate surface area is 200 Å². The van der Waals surface area contributed by atoms with Crippen LogP contribution in [0.5, 0.6) is 5.75 Å². The molecule has 1 amide bonds. The molecule has 0 aliphatic heterocycles. The molecule has 34 heavy (non-hydrogen) atoms. The summed E-state index contributed by atoms with van der Waals surface area (Å²) in [7, 11) is 2.90. The highest BCUT2D eigenvalue weighted by molar-refractivity contribution is 7.99. The average Bonchev–Trinajstić information content (AvgIpc) is 3.31. The van der Waals surface area contributed by atoms with Crippen molar-refractivity contribution < 1.29 is 19.1 Å². The fourth-order valence-electron chi connectivity index (χ4n) is 3.37. The molecule has 3 aromatic carbocycles. The number of methoxy groups -OCH3 is 2. The van der Waals surface area contributed by atoms with Gasteiger partial charge in [-0.15, -0.1) is 10.2 Å². The molecule has 1 aromatic heterocycles. The Balaban J connectivity index is 1.61. The van der Waals surface area contributed by atoms with Gasteiger partial charge < -0.3 is 14.8 Å². The highest BCUT2D eigenvalue weighted by Crippen LogP contribution is 2.32. The van der Waals surface area contributed by atoms with Gasteiger partial charge in [0.05, 0.1) is 36.9 Å². The normalized spacial score (nSPS) is 10.5. The first kappa shape index (κ1) is 23.1. The van der Waals surface area contributed by atoms with E-state index in [0.717, 1.165) is 11.3 Å². The summed E-state index contributed by atoms with van der Waals surface area (Å²) in [6.45, 7) is 0. The molecule has 8 nitrogen and oxygen atoms in total. The summed E-state index contributed by atoms with van der Waals surface area (Å²) in [6, 6.07) is 23.9. The van der Waals surface area contributed by atoms with E-state index in [9.17, 15) is 9.59 Å². The zero-order valence-corrected chi connectivity index (χ0v) is 19.4. The van der Waals surface area contributed by atoms with E-state index >= 15 is 0 Å². The Morgan fingerprint density at radius 1 is 0.912 bits per heavy atom. The lowest BCUT2D eigenvalue weighted by molar-refractivity contribution is -0.113. The van der Waals surface area contributed by atoms with Crippen molar-refractivity contribution in [2.24, 2.45) is 0 Å². The maximum absolute atomic E-state index is 12.7. The molecule has 0 saturated heterocycles. The van der Waals surface area contributed by atoms with E-state index in [1.54, 1.807) is 31.4 Å². The number of esters is 1. The van der Waals surface area contributed by atoms with Crippen LogP contribution in [0.25, 0.3) is 17.1 Å². The Hall–Kier alpha value is -4.11. The van der Waals surface area contributed by atoms with Gasteiger partial charge in [-0.3, -0.25) is 9.36 Å². The summed E-state index contributed by atoms with van der Waals surface area (Å²) in [5.41, 5.74) is 2.31. The average molecular weight is 475 g/mol. The molecule has 4 rings (SSSR count). The van der Waals surface area contributed by atoms with Gasteiger partial charge in [0, 0.05) is 5.56 Å². The first-order valence-electron chi connectivity index (χ1n) is 10.4. The third-order valence-electron chi connectivity index (χ3n) is 4.93. The maximum Gasteiger partial charge on any atom is 0.339 e. The first-order chi connectivity index (χ1) is 16.6. The van der Waals surface area contributed by atoms with Gasteiger partial charge >= 0.3 is 5.97 Å². The van der Waals surface area contributed by atoms with Crippen LogP contribution in [-0.2, 0) is 9.53 Å². The number of carbonyl (C=O) groups is 2. The smallest absolute Gasteiger partial charge is 0.339 e. The van der Waals surface area contributed by atoms with Crippen molar-refractivity contribution in [3.05, 3.63) is 84.4 Å². The number of nitrogens with zero attached hydrogens (tertiary/aromatic N) is 3. The molecular formula is C25H22N4O4S. The molecule has 4 aromatic rings. The molecule has 0 spiro atoms. The van der Waals surface area contributed by atoms with E-state index in [4.69, 9.17) is 9.47 Å². The largest absolute Gasteiger partial charge is 0.495 e. The number of ether oxygens (including phenoxy) is 2. The van der Waals surface area contributed by atoms with Crippen LogP contribution in [0.4, 0.5) is 5.69 Å². The summed E-state index contributed by atoms with van der Waals surface area (Å²) >= 11 is 1.23. The molecule has 9 heteroatoms. The maximum atomic E-state index is 12.7. The second-order valence-electron chi connectivity index (χ2n) is 7.05. The molecule has 0 atom stereocenters. The summed E-state index contributed by atoms with van der Waals surface area (Å²) in [5.74, 6) is 0.517. The van der Waals surface area contributed by atoms with Gasteiger partial charge in [0.1, 0.15) is 5.75 Å². The zero-order chi connectivity index (χ0) is 23.9. The highest BCUT2D eigenvalue weighted by Gasteiger charge is 2.20. The third-order valence-corrected chi connectivity index (χ3v) is 5.86. The predicted molar refractivity (Wildman–Crippen MR) is 130 cm³/mol. The number of anilines is 1. The van der Waals surface area contributed by atoms with Crippen molar-refractivity contribution >= 4 is 29.3 Å². The fourth-order valence-corrected chi connectivity index (χ4v) is 4.11. The monoisotopic (exact) mass is 474 g/mol. The number of para-hydroxylation sites is 3. The Kier molecular flexibility index (Phi) is 7.24. The molecule has 0 fully saturated rings. The van der Waals surface area contributed by atoms with E-state index in [1.165, 1.54) is 18.9 Å². The number of hydrogen-bond donors (Lipinski definition) is 1. The van der Waals surface area contributed by atoms with Gasteiger partial charge in [-0.2, -0.15) is 0 Å². The Morgan fingerprint density at radius 2 is 1.62 bits per heavy atom. The van der Waals surface area contributed by atoms with Crippen molar-refractivity contribution in [3.63, 3.8) is 0 Å². The van der Waals surface area contributed by atoms with E-state index in [2.05, 4.69) is 15.5 Å². The number of hydrogen-bond acceptors (Lipinski definition) is 7. The Morgan fingerprint density at radius 3 is 2.38 bits per heavy atom. The summed E-state index contributed by atoms with van der Waals surface area (Å²) in [6.07, 6.45) is 0. The van der Waals surface area contributed by atoms with Crippen LogP contribution in [0.3, 0.4) is 0 Å². The van der Waals surface area contributed by atoms with Gasteiger partial charge in [-0.25, -0.2) is 4.79 Å². The minimum atomic E-state index is -0.521. The first-order valence-corrected chi connectivity index (χ1v) is 11.3. The minimum absolute atomic E-state index is 0.0532. The summed E-state index contributed by atoms with van der Waals surface area (Å²) in [5, 5.41) is 12.0. The lowest BCUT2D eigenvalue weighted by Gasteiger charge is -2.14. The van der Waals surface area contributed by atoms with Crippen LogP contribution in [0.2, 0.25) is 0 Å². The topological polar surface area (TPSA) is 95.3 Å². The third kappa shape index (κ3) is 4.94. The number of aromatic nitrogens is 3. The van der Waals surface area contributed by atoms with Crippen molar-refractivity contribution in [2.75, 3.05) is 25.3 Å². The molecular weight excluding hydrogens is 452 g/mol. The van der Waals surface area contributed by atoms with E-state index < -0.39 is 5.97 Å². The van der Waals surface area contributed by atoms with Gasteiger partial charge in [0.25, 0.3) is 0 Å². The zero-order valence-electron chi connectivity index (χ0n) is 18.6. The lowest BCUT2D eigenvalue weighted by Crippen LogP contribution is -2.17. The molecule has 0 bridgehead atoms. The number of amides is 1. The summed E-state index contributed by atoms with van der Waals surface area (Å²) in [4.78, 5) is 24.7. The molecule has 1 heterocycles. The van der Waals surface area contributed by atoms with E-state index in [1.807, 2.05) is 59.2 Å². The van der Waals surface area contributed by atoms with Gasteiger partial charge in [-0.05, 0) is 24.3 Å². The molecule has 1 N–H and O–H groups in total. The quantitative estimate of drug-likeness (QED) is 0.298. The number of rotatable bonds is 8. The number of nitrogens with one attached hydrogen (secondary N) is 1. The van der Waals surface area contributed by atoms with Crippen LogP contribution >= 0.6 is 11.8 Å². The van der Waals surface area contributed by atoms with Crippen molar-refractivity contribution in [1.82, 2.24) is 14.8 Å². The predicted octanol–water partition coefficient (Wildman–Crippen LogP) is 4.46. The number of carbonyl (C=O) groups excluding carboxylic acids is 2. The van der Waals surface area contributed by atoms with Gasteiger partial charge in [0.2, 0.25) is 5.91 Å². The van der Waals surface area contributed by atoms with E-state index in [0.29, 0.717) is 22.4 Å². The SMILES string of the molecule is COC(=O)c1ccccc1NC(=O)CSc1nnc(-c2ccccc2)n1-c1ccccc1OC. The number of benzene rings is 3. The van der Waals surface area contributed by atoms with Crippen LogP contribution < -0.4 is 10.1 Å². The van der Waals surface area contributed by atoms with Crippen molar-refractivity contribution in [1.29, 1.82) is 0 Å². The molecule has 0 aliphatic carbocycles. The molecule has 0 saturated carbocycles. The lowest BCUT2D eigenvalue weighted by atomic mass is 10.2. The highest BCUT2D eigenvalue weighted by atomic mass is 32.2. The molecule has 0 radical (unpaired) electrons. The number of thioether (sulfide) groups is 1.